The molecule has 5 heteroatoms. The van der Waals surface area contributed by atoms with Crippen LogP contribution in [0.5, 0.6) is 0 Å². The van der Waals surface area contributed by atoms with Crippen LogP contribution in [0.4, 0.5) is 0 Å². The van der Waals surface area contributed by atoms with Crippen molar-refractivity contribution in [2.24, 2.45) is 0 Å². The van der Waals surface area contributed by atoms with E-state index in [-0.39, 0.29) is 11.3 Å². The van der Waals surface area contributed by atoms with Gasteiger partial charge in [0.1, 0.15) is 0 Å². The Kier molecular flexibility index (Phi) is 3.77. The summed E-state index contributed by atoms with van der Waals surface area (Å²) in [6, 6.07) is 0. The van der Waals surface area contributed by atoms with E-state index in [0.29, 0.717) is 0 Å². The van der Waals surface area contributed by atoms with Gasteiger partial charge in [0.2, 0.25) is 10.0 Å². The summed E-state index contributed by atoms with van der Waals surface area (Å²) in [7, 11) is -3.05. The van der Waals surface area contributed by atoms with Gasteiger partial charge in [0, 0.05) is 10.9 Å². The third-order valence-corrected chi connectivity index (χ3v) is 5.15. The van der Waals surface area contributed by atoms with Gasteiger partial charge in [-0.3, -0.25) is 0 Å². The molecule has 1 rings (SSSR count). The molecule has 0 radical (unpaired) electrons. The van der Waals surface area contributed by atoms with Gasteiger partial charge in [-0.05, 0) is 19.8 Å². The third kappa shape index (κ3) is 2.92. The molecule has 78 valence electrons. The minimum Gasteiger partial charge on any atom is -0.212 e. The molecule has 0 atom stereocenters. The van der Waals surface area contributed by atoms with Gasteiger partial charge in [-0.15, -0.1) is 0 Å². The lowest BCUT2D eigenvalue weighted by molar-refractivity contribution is 0.438. The van der Waals surface area contributed by atoms with Gasteiger partial charge in [0.05, 0.1) is 5.75 Å². The van der Waals surface area contributed by atoms with Crippen LogP contribution in [0.3, 0.4) is 0 Å². The van der Waals surface area contributed by atoms with E-state index in [2.05, 4.69) is 20.7 Å². The predicted molar refractivity (Wildman–Crippen MR) is 57.6 cm³/mol. The maximum atomic E-state index is 11.4. The molecule has 1 aliphatic carbocycles. The molecule has 0 aromatic heterocycles. The molecular weight excluding hydrogens is 254 g/mol. The SMILES string of the molecule is CCS(=O)(=O)NC1(CBr)CCCC1. The first-order valence-corrected chi connectivity index (χ1v) is 7.38. The van der Waals surface area contributed by atoms with Crippen LogP contribution in [0.15, 0.2) is 0 Å². The molecule has 0 heterocycles. The highest BCUT2D eigenvalue weighted by atomic mass is 79.9. The minimum atomic E-state index is -3.05. The van der Waals surface area contributed by atoms with Crippen LogP contribution in [-0.4, -0.2) is 25.0 Å². The molecule has 3 nitrogen and oxygen atoms in total. The first kappa shape index (κ1) is 11.5. The zero-order chi connectivity index (χ0) is 9.95. The second kappa shape index (κ2) is 4.28. The van der Waals surface area contributed by atoms with Crippen molar-refractivity contribution < 1.29 is 8.42 Å². The fourth-order valence-corrected chi connectivity index (χ4v) is 3.68. The second-order valence-corrected chi connectivity index (χ2v) is 6.20. The van der Waals surface area contributed by atoms with Crippen molar-refractivity contribution in [3.05, 3.63) is 0 Å². The Morgan fingerprint density at radius 3 is 2.31 bits per heavy atom. The Hall–Kier alpha value is 0.390. The van der Waals surface area contributed by atoms with Crippen LogP contribution in [0.25, 0.3) is 0 Å². The summed E-state index contributed by atoms with van der Waals surface area (Å²) in [4.78, 5) is 0. The van der Waals surface area contributed by atoms with Gasteiger partial charge in [0.25, 0.3) is 0 Å². The molecule has 13 heavy (non-hydrogen) atoms. The number of hydrogen-bond acceptors (Lipinski definition) is 2. The number of nitrogens with one attached hydrogen (secondary N) is 1. The molecule has 0 spiro atoms. The molecule has 0 aromatic rings. The number of rotatable bonds is 4. The number of halogens is 1. The van der Waals surface area contributed by atoms with E-state index in [1.165, 1.54) is 0 Å². The molecule has 0 bridgehead atoms. The second-order valence-electron chi connectivity index (χ2n) is 3.63. The van der Waals surface area contributed by atoms with E-state index in [0.717, 1.165) is 31.0 Å². The normalized spacial score (nSPS) is 22.0. The molecule has 0 amide bonds. The van der Waals surface area contributed by atoms with E-state index < -0.39 is 10.0 Å². The van der Waals surface area contributed by atoms with Crippen LogP contribution in [0, 0.1) is 0 Å². The summed E-state index contributed by atoms with van der Waals surface area (Å²) in [6.07, 6.45) is 4.16. The lowest BCUT2D eigenvalue weighted by atomic mass is 10.0. The number of alkyl halides is 1. The minimum absolute atomic E-state index is 0.168. The molecule has 0 saturated heterocycles. The van der Waals surface area contributed by atoms with Crippen LogP contribution < -0.4 is 4.72 Å². The summed E-state index contributed by atoms with van der Waals surface area (Å²) >= 11 is 3.39. The molecule has 0 aromatic carbocycles. The van der Waals surface area contributed by atoms with Crippen molar-refractivity contribution in [1.82, 2.24) is 4.72 Å². The van der Waals surface area contributed by atoms with Crippen LogP contribution in [0.2, 0.25) is 0 Å². The molecule has 1 fully saturated rings. The molecule has 1 aliphatic rings. The molecular formula is C8H16BrNO2S. The van der Waals surface area contributed by atoms with Gasteiger partial charge < -0.3 is 0 Å². The fourth-order valence-electron chi connectivity index (χ4n) is 1.72. The highest BCUT2D eigenvalue weighted by molar-refractivity contribution is 9.09. The van der Waals surface area contributed by atoms with Crippen LogP contribution in [-0.2, 0) is 10.0 Å². The Bertz CT molecular complexity index is 257. The number of sulfonamides is 1. The van der Waals surface area contributed by atoms with Crippen LogP contribution in [0.1, 0.15) is 32.6 Å². The number of hydrogen-bond donors (Lipinski definition) is 1. The summed E-state index contributed by atoms with van der Waals surface area (Å²) in [5.41, 5.74) is -0.200. The monoisotopic (exact) mass is 269 g/mol. The lowest BCUT2D eigenvalue weighted by Crippen LogP contribution is -2.48. The highest BCUT2D eigenvalue weighted by Gasteiger charge is 2.35. The average Bonchev–Trinajstić information content (AvgIpc) is 2.53. The standard InChI is InChI=1S/C8H16BrNO2S/c1-2-13(11,12)10-8(7-9)5-3-4-6-8/h10H,2-7H2,1H3. The van der Waals surface area contributed by atoms with Gasteiger partial charge in [-0.25, -0.2) is 13.1 Å². The molecule has 0 aliphatic heterocycles. The van der Waals surface area contributed by atoms with Crippen molar-refractivity contribution in [3.8, 4) is 0 Å². The maximum Gasteiger partial charge on any atom is 0.211 e. The Morgan fingerprint density at radius 1 is 1.38 bits per heavy atom. The molecule has 1 saturated carbocycles. The van der Waals surface area contributed by atoms with E-state index in [9.17, 15) is 8.42 Å². The predicted octanol–water partition coefficient (Wildman–Crippen LogP) is 1.63. The Morgan fingerprint density at radius 2 is 1.92 bits per heavy atom. The first-order chi connectivity index (χ1) is 6.04. The summed E-state index contributed by atoms with van der Waals surface area (Å²) < 4.78 is 25.6. The van der Waals surface area contributed by atoms with Crippen molar-refractivity contribution in [2.75, 3.05) is 11.1 Å². The molecule has 0 unspecified atom stereocenters. The summed E-state index contributed by atoms with van der Waals surface area (Å²) in [6.45, 7) is 1.67. The zero-order valence-corrected chi connectivity index (χ0v) is 10.2. The van der Waals surface area contributed by atoms with E-state index >= 15 is 0 Å². The van der Waals surface area contributed by atoms with Crippen molar-refractivity contribution >= 4 is 26.0 Å². The average molecular weight is 270 g/mol. The van der Waals surface area contributed by atoms with Gasteiger partial charge >= 0.3 is 0 Å². The van der Waals surface area contributed by atoms with E-state index in [4.69, 9.17) is 0 Å². The summed E-state index contributed by atoms with van der Waals surface area (Å²) in [5, 5.41) is 0.721. The largest absolute Gasteiger partial charge is 0.212 e. The maximum absolute atomic E-state index is 11.4. The smallest absolute Gasteiger partial charge is 0.211 e. The third-order valence-electron chi connectivity index (χ3n) is 2.57. The van der Waals surface area contributed by atoms with Crippen molar-refractivity contribution in [3.63, 3.8) is 0 Å². The topological polar surface area (TPSA) is 46.2 Å². The fraction of sp³-hybridized carbons (Fsp3) is 1.00. The van der Waals surface area contributed by atoms with E-state index in [1.54, 1.807) is 6.92 Å². The quantitative estimate of drug-likeness (QED) is 0.789. The first-order valence-electron chi connectivity index (χ1n) is 4.61. The lowest BCUT2D eigenvalue weighted by Gasteiger charge is -2.27. The molecule has 1 N–H and O–H groups in total. The van der Waals surface area contributed by atoms with Crippen molar-refractivity contribution in [1.29, 1.82) is 0 Å². The van der Waals surface area contributed by atoms with Gasteiger partial charge in [-0.2, -0.15) is 0 Å². The van der Waals surface area contributed by atoms with Crippen molar-refractivity contribution in [2.45, 2.75) is 38.1 Å². The Balaban J connectivity index is 2.69. The zero-order valence-electron chi connectivity index (χ0n) is 7.85. The van der Waals surface area contributed by atoms with Gasteiger partial charge in [-0.1, -0.05) is 28.8 Å². The van der Waals surface area contributed by atoms with Gasteiger partial charge in [0.15, 0.2) is 0 Å². The van der Waals surface area contributed by atoms with E-state index in [1.807, 2.05) is 0 Å². The van der Waals surface area contributed by atoms with Crippen LogP contribution >= 0.6 is 15.9 Å². The Labute approximate surface area is 88.5 Å². The highest BCUT2D eigenvalue weighted by Crippen LogP contribution is 2.31. The summed E-state index contributed by atoms with van der Waals surface area (Å²) in [5.74, 6) is 0.168.